The van der Waals surface area contributed by atoms with Crippen LogP contribution in [0.25, 0.3) is 0 Å². The van der Waals surface area contributed by atoms with Crippen LogP contribution < -0.4 is 0 Å². The van der Waals surface area contributed by atoms with Gasteiger partial charge in [-0.3, -0.25) is 4.99 Å². The van der Waals surface area contributed by atoms with E-state index >= 15 is 0 Å². The summed E-state index contributed by atoms with van der Waals surface area (Å²) in [6.07, 6.45) is 1.56. The molecule has 0 fully saturated rings. The van der Waals surface area contributed by atoms with Gasteiger partial charge in [0.15, 0.2) is 0 Å². The van der Waals surface area contributed by atoms with Crippen molar-refractivity contribution in [2.75, 3.05) is 0 Å². The minimum absolute atomic E-state index is 0.118. The van der Waals surface area contributed by atoms with E-state index in [4.69, 9.17) is 14.6 Å². The molecule has 0 aliphatic rings. The zero-order valence-corrected chi connectivity index (χ0v) is 8.50. The maximum Gasteiger partial charge on any atom is 0.145 e. The van der Waals surface area contributed by atoms with Gasteiger partial charge in [0.25, 0.3) is 0 Å². The van der Waals surface area contributed by atoms with Gasteiger partial charge >= 0.3 is 0 Å². The molecule has 82 valence electrons. The summed E-state index contributed by atoms with van der Waals surface area (Å²) in [5.74, 6) is 1.30. The van der Waals surface area contributed by atoms with Crippen molar-refractivity contribution < 1.29 is 14.6 Å². The van der Waals surface area contributed by atoms with E-state index in [-0.39, 0.29) is 12.4 Å². The third-order valence-corrected chi connectivity index (χ3v) is 2.03. The van der Waals surface area contributed by atoms with E-state index < -0.39 is 0 Å². The number of rotatable bonds is 3. The summed E-state index contributed by atoms with van der Waals surface area (Å²) >= 11 is 0. The van der Waals surface area contributed by atoms with Crippen LogP contribution in [0, 0.1) is 0 Å². The quantitative estimate of drug-likeness (QED) is 0.775. The normalized spacial score (nSPS) is 11.1. The summed E-state index contributed by atoms with van der Waals surface area (Å²) in [7, 11) is 0. The highest BCUT2D eigenvalue weighted by Gasteiger charge is 1.97. The molecule has 0 aliphatic heterocycles. The van der Waals surface area contributed by atoms with E-state index in [9.17, 15) is 0 Å². The van der Waals surface area contributed by atoms with Crippen LogP contribution in [0.4, 0.5) is 5.69 Å². The molecular formula is C12H11NO3. The highest BCUT2D eigenvalue weighted by molar-refractivity contribution is 5.78. The van der Waals surface area contributed by atoms with Gasteiger partial charge in [-0.1, -0.05) is 0 Å². The average Bonchev–Trinajstić information content (AvgIpc) is 2.76. The Morgan fingerprint density at radius 3 is 2.50 bits per heavy atom. The van der Waals surface area contributed by atoms with Gasteiger partial charge in [0.1, 0.15) is 23.9 Å². The van der Waals surface area contributed by atoms with E-state index in [1.54, 1.807) is 42.6 Å². The van der Waals surface area contributed by atoms with Gasteiger partial charge < -0.3 is 14.6 Å². The van der Waals surface area contributed by atoms with Crippen molar-refractivity contribution in [1.82, 2.24) is 0 Å². The second-order valence-corrected chi connectivity index (χ2v) is 3.24. The number of aliphatic hydroxyl groups excluding tert-OH is 1. The van der Waals surface area contributed by atoms with E-state index in [0.717, 1.165) is 5.69 Å². The van der Waals surface area contributed by atoms with E-state index in [2.05, 4.69) is 4.99 Å². The van der Waals surface area contributed by atoms with Gasteiger partial charge in [0.2, 0.25) is 0 Å². The third kappa shape index (κ3) is 2.49. The standard InChI is InChI=1S/C12H11NO3/c14-8-12-6-5-11(16-12)7-13-9-1-3-10(15)4-2-9/h1-7,14-15H,8H2. The van der Waals surface area contributed by atoms with Crippen molar-refractivity contribution in [1.29, 1.82) is 0 Å². The molecule has 1 heterocycles. The minimum atomic E-state index is -0.118. The first-order chi connectivity index (χ1) is 7.78. The largest absolute Gasteiger partial charge is 0.508 e. The van der Waals surface area contributed by atoms with E-state index in [1.165, 1.54) is 0 Å². The van der Waals surface area contributed by atoms with E-state index in [1.807, 2.05) is 0 Å². The van der Waals surface area contributed by atoms with Gasteiger partial charge in [0, 0.05) is 0 Å². The number of benzene rings is 1. The zero-order chi connectivity index (χ0) is 11.4. The lowest BCUT2D eigenvalue weighted by Crippen LogP contribution is -1.76. The number of aliphatic hydroxyl groups is 1. The molecule has 1 aromatic carbocycles. The zero-order valence-electron chi connectivity index (χ0n) is 8.50. The summed E-state index contributed by atoms with van der Waals surface area (Å²) in [6, 6.07) is 9.94. The Morgan fingerprint density at radius 2 is 1.88 bits per heavy atom. The van der Waals surface area contributed by atoms with Crippen LogP contribution >= 0.6 is 0 Å². The summed E-state index contributed by atoms with van der Waals surface area (Å²) in [5.41, 5.74) is 0.722. The highest BCUT2D eigenvalue weighted by Crippen LogP contribution is 2.16. The molecule has 2 aromatic rings. The third-order valence-electron chi connectivity index (χ3n) is 2.03. The average molecular weight is 217 g/mol. The Labute approximate surface area is 92.5 Å². The molecule has 4 nitrogen and oxygen atoms in total. The number of nitrogens with zero attached hydrogens (tertiary/aromatic N) is 1. The van der Waals surface area contributed by atoms with Crippen LogP contribution in [0.3, 0.4) is 0 Å². The molecule has 0 bridgehead atoms. The monoisotopic (exact) mass is 217 g/mol. The number of aliphatic imine (C=N–C) groups is 1. The van der Waals surface area contributed by atoms with Crippen molar-refractivity contribution in [3.8, 4) is 5.75 Å². The van der Waals surface area contributed by atoms with Gasteiger partial charge in [-0.25, -0.2) is 0 Å². The molecule has 2 rings (SSSR count). The van der Waals surface area contributed by atoms with Crippen LogP contribution in [-0.4, -0.2) is 16.4 Å². The lowest BCUT2D eigenvalue weighted by molar-refractivity contribution is 0.247. The highest BCUT2D eigenvalue weighted by atomic mass is 16.4. The molecule has 0 spiro atoms. The van der Waals surface area contributed by atoms with Gasteiger partial charge in [-0.05, 0) is 36.4 Å². The first kappa shape index (κ1) is 10.4. The fourth-order valence-electron chi connectivity index (χ4n) is 1.23. The first-order valence-corrected chi connectivity index (χ1v) is 4.80. The van der Waals surface area contributed by atoms with Crippen LogP contribution in [-0.2, 0) is 6.61 Å². The topological polar surface area (TPSA) is 66.0 Å². The molecule has 2 N–H and O–H groups in total. The van der Waals surface area contributed by atoms with Crippen molar-refractivity contribution >= 4 is 11.9 Å². The summed E-state index contributed by atoms with van der Waals surface area (Å²) < 4.78 is 5.23. The smallest absolute Gasteiger partial charge is 0.145 e. The Hall–Kier alpha value is -2.07. The molecule has 0 saturated carbocycles. The summed E-state index contributed by atoms with van der Waals surface area (Å²) in [4.78, 5) is 4.15. The van der Waals surface area contributed by atoms with Crippen LogP contribution in [0.2, 0.25) is 0 Å². The van der Waals surface area contributed by atoms with Crippen LogP contribution in [0.15, 0.2) is 45.8 Å². The Morgan fingerprint density at radius 1 is 1.12 bits per heavy atom. The lowest BCUT2D eigenvalue weighted by Gasteiger charge is -1.93. The Kier molecular flexibility index (Phi) is 3.03. The number of aromatic hydroxyl groups is 1. The van der Waals surface area contributed by atoms with Crippen molar-refractivity contribution in [3.63, 3.8) is 0 Å². The lowest BCUT2D eigenvalue weighted by atomic mass is 10.3. The second kappa shape index (κ2) is 4.63. The maximum atomic E-state index is 9.08. The molecule has 0 unspecified atom stereocenters. The number of furan rings is 1. The predicted octanol–water partition coefficient (Wildman–Crippen LogP) is 2.23. The second-order valence-electron chi connectivity index (χ2n) is 3.24. The number of hydrogen-bond donors (Lipinski definition) is 2. The fraction of sp³-hybridized carbons (Fsp3) is 0.0833. The van der Waals surface area contributed by atoms with Crippen molar-refractivity contribution in [2.45, 2.75) is 6.61 Å². The van der Waals surface area contributed by atoms with E-state index in [0.29, 0.717) is 11.5 Å². The van der Waals surface area contributed by atoms with Gasteiger partial charge in [0.05, 0.1) is 11.9 Å². The Balaban J connectivity index is 2.11. The number of hydrogen-bond acceptors (Lipinski definition) is 4. The summed E-state index contributed by atoms with van der Waals surface area (Å²) in [5, 5.41) is 17.9. The number of phenols is 1. The molecule has 0 radical (unpaired) electrons. The van der Waals surface area contributed by atoms with Gasteiger partial charge in [-0.15, -0.1) is 0 Å². The number of phenolic OH excluding ortho intramolecular Hbond substituents is 1. The molecule has 1 aromatic heterocycles. The predicted molar refractivity (Wildman–Crippen MR) is 60.0 cm³/mol. The molecule has 0 saturated heterocycles. The molecule has 4 heteroatoms. The molecule has 0 amide bonds. The molecule has 0 aliphatic carbocycles. The van der Waals surface area contributed by atoms with Crippen LogP contribution in [0.1, 0.15) is 11.5 Å². The van der Waals surface area contributed by atoms with Crippen molar-refractivity contribution in [2.24, 2.45) is 4.99 Å². The van der Waals surface area contributed by atoms with Gasteiger partial charge in [-0.2, -0.15) is 0 Å². The summed E-state index contributed by atoms with van der Waals surface area (Å²) in [6.45, 7) is -0.118. The SMILES string of the molecule is OCc1ccc(C=Nc2ccc(O)cc2)o1. The molecular weight excluding hydrogens is 206 g/mol. The minimum Gasteiger partial charge on any atom is -0.508 e. The van der Waals surface area contributed by atoms with Crippen molar-refractivity contribution in [3.05, 3.63) is 47.9 Å². The fourth-order valence-corrected chi connectivity index (χ4v) is 1.23. The first-order valence-electron chi connectivity index (χ1n) is 4.80. The molecule has 16 heavy (non-hydrogen) atoms. The maximum absolute atomic E-state index is 9.08. The van der Waals surface area contributed by atoms with Crippen LogP contribution in [0.5, 0.6) is 5.75 Å². The Bertz CT molecular complexity index is 485. The molecule has 0 atom stereocenters.